The molecule has 5 rings (SSSR count). The highest BCUT2D eigenvalue weighted by Gasteiger charge is 2.41. The van der Waals surface area contributed by atoms with Gasteiger partial charge in [0, 0.05) is 29.1 Å². The number of carbonyl (C=O) groups is 3. The molecule has 2 amide bonds. The van der Waals surface area contributed by atoms with Crippen molar-refractivity contribution >= 4 is 28.5 Å². The van der Waals surface area contributed by atoms with Crippen LogP contribution in [0.4, 0.5) is 4.39 Å². The predicted octanol–water partition coefficient (Wildman–Crippen LogP) is 3.59. The standard InChI is InChI=1S/C26H26FN3O3/c1-16(31)21-14-29(23-9-5-4-8-20(21)23)15-25(32)30-13-18(27)12-24(30)26(33)28-22-11-10-17-6-2-3-7-19(17)22/h2-9,14,18,22,24H,10-13,15H2,1H3,(H,28,33)/t18-,22?,24+/m1/s1. The van der Waals surface area contributed by atoms with E-state index in [0.29, 0.717) is 5.56 Å². The number of ketones is 1. The first-order valence-electron chi connectivity index (χ1n) is 11.3. The Morgan fingerprint density at radius 3 is 2.67 bits per heavy atom. The predicted molar refractivity (Wildman–Crippen MR) is 123 cm³/mol. The summed E-state index contributed by atoms with van der Waals surface area (Å²) in [6.07, 6.45) is 2.11. The van der Waals surface area contributed by atoms with Crippen molar-refractivity contribution in [3.63, 3.8) is 0 Å². The van der Waals surface area contributed by atoms with Gasteiger partial charge in [0.15, 0.2) is 5.78 Å². The number of Topliss-reactive ketones (excluding diaryl/α,β-unsaturated/α-hetero) is 1. The summed E-state index contributed by atoms with van der Waals surface area (Å²) in [5, 5.41) is 3.82. The molecule has 0 bridgehead atoms. The van der Waals surface area contributed by atoms with Crippen LogP contribution in [0.1, 0.15) is 47.3 Å². The number of benzene rings is 2. The monoisotopic (exact) mass is 447 g/mol. The number of amides is 2. The Balaban J connectivity index is 1.34. The number of nitrogens with one attached hydrogen (secondary N) is 1. The summed E-state index contributed by atoms with van der Waals surface area (Å²) in [4.78, 5) is 39.7. The molecule has 1 aliphatic heterocycles. The van der Waals surface area contributed by atoms with Crippen molar-refractivity contribution in [2.75, 3.05) is 6.54 Å². The number of aryl methyl sites for hydroxylation is 1. The fourth-order valence-electron chi connectivity index (χ4n) is 5.18. The van der Waals surface area contributed by atoms with E-state index in [1.165, 1.54) is 17.4 Å². The summed E-state index contributed by atoms with van der Waals surface area (Å²) in [5.41, 5.74) is 3.60. The second-order valence-electron chi connectivity index (χ2n) is 8.94. The van der Waals surface area contributed by atoms with Crippen LogP contribution in [0.3, 0.4) is 0 Å². The van der Waals surface area contributed by atoms with Crippen molar-refractivity contribution in [2.45, 2.75) is 51.0 Å². The lowest BCUT2D eigenvalue weighted by molar-refractivity contribution is -0.139. The molecule has 1 unspecified atom stereocenters. The van der Waals surface area contributed by atoms with Crippen molar-refractivity contribution in [2.24, 2.45) is 0 Å². The lowest BCUT2D eigenvalue weighted by atomic mass is 10.1. The second-order valence-corrected chi connectivity index (χ2v) is 8.94. The molecule has 2 aliphatic rings. The van der Waals surface area contributed by atoms with Crippen LogP contribution < -0.4 is 5.32 Å². The van der Waals surface area contributed by atoms with Gasteiger partial charge in [0.1, 0.15) is 18.8 Å². The first-order valence-corrected chi connectivity index (χ1v) is 11.3. The molecule has 170 valence electrons. The van der Waals surface area contributed by atoms with Crippen LogP contribution in [-0.4, -0.2) is 45.8 Å². The average Bonchev–Trinajstić information content (AvgIpc) is 3.50. The lowest BCUT2D eigenvalue weighted by Crippen LogP contribution is -2.47. The topological polar surface area (TPSA) is 71.4 Å². The Morgan fingerprint density at radius 1 is 1.09 bits per heavy atom. The molecule has 3 atom stereocenters. The van der Waals surface area contributed by atoms with Crippen LogP contribution in [-0.2, 0) is 22.6 Å². The third kappa shape index (κ3) is 3.92. The number of aromatic nitrogens is 1. The van der Waals surface area contributed by atoms with Gasteiger partial charge in [0.05, 0.1) is 12.6 Å². The summed E-state index contributed by atoms with van der Waals surface area (Å²) in [7, 11) is 0. The molecule has 2 heterocycles. The molecule has 6 nitrogen and oxygen atoms in total. The fraction of sp³-hybridized carbons (Fsp3) is 0.346. The minimum absolute atomic E-state index is 0.00291. The highest BCUT2D eigenvalue weighted by Crippen LogP contribution is 2.32. The number of para-hydroxylation sites is 1. The number of fused-ring (bicyclic) bond motifs is 2. The van der Waals surface area contributed by atoms with E-state index in [4.69, 9.17) is 0 Å². The molecule has 0 saturated carbocycles. The molecule has 1 fully saturated rings. The molecule has 7 heteroatoms. The van der Waals surface area contributed by atoms with Gasteiger partial charge in [-0.1, -0.05) is 42.5 Å². The van der Waals surface area contributed by atoms with E-state index in [-0.39, 0.29) is 43.1 Å². The smallest absolute Gasteiger partial charge is 0.243 e. The van der Waals surface area contributed by atoms with Crippen LogP contribution in [0.25, 0.3) is 10.9 Å². The van der Waals surface area contributed by atoms with E-state index in [1.807, 2.05) is 42.5 Å². The highest BCUT2D eigenvalue weighted by molar-refractivity contribution is 6.07. The zero-order valence-electron chi connectivity index (χ0n) is 18.5. The maximum Gasteiger partial charge on any atom is 0.243 e. The van der Waals surface area contributed by atoms with Gasteiger partial charge in [-0.3, -0.25) is 14.4 Å². The number of rotatable bonds is 5. The number of halogens is 1. The SMILES string of the molecule is CC(=O)c1cn(CC(=O)N2C[C@H](F)C[C@H]2C(=O)NC2CCc3ccccc32)c2ccccc12. The molecule has 33 heavy (non-hydrogen) atoms. The highest BCUT2D eigenvalue weighted by atomic mass is 19.1. The van der Waals surface area contributed by atoms with Gasteiger partial charge in [-0.05, 0) is 37.0 Å². The van der Waals surface area contributed by atoms with Crippen molar-refractivity contribution in [3.05, 3.63) is 71.4 Å². The minimum atomic E-state index is -1.24. The summed E-state index contributed by atoms with van der Waals surface area (Å²) < 4.78 is 16.1. The molecular formula is C26H26FN3O3. The van der Waals surface area contributed by atoms with Crippen molar-refractivity contribution in [3.8, 4) is 0 Å². The van der Waals surface area contributed by atoms with E-state index >= 15 is 0 Å². The summed E-state index contributed by atoms with van der Waals surface area (Å²) in [6, 6.07) is 14.4. The molecule has 1 aliphatic carbocycles. The maximum absolute atomic E-state index is 14.4. The summed E-state index contributed by atoms with van der Waals surface area (Å²) in [5.74, 6) is -0.735. The normalized spacial score (nSPS) is 21.9. The number of carbonyl (C=O) groups excluding carboxylic acids is 3. The molecule has 3 aromatic rings. The van der Waals surface area contributed by atoms with Gasteiger partial charge in [-0.15, -0.1) is 0 Å². The number of hydrogen-bond donors (Lipinski definition) is 1. The van der Waals surface area contributed by atoms with Gasteiger partial charge in [-0.2, -0.15) is 0 Å². The Kier molecular flexibility index (Phi) is 5.48. The van der Waals surface area contributed by atoms with Gasteiger partial charge in [0.25, 0.3) is 0 Å². The van der Waals surface area contributed by atoms with Crippen molar-refractivity contribution < 1.29 is 18.8 Å². The van der Waals surface area contributed by atoms with E-state index in [9.17, 15) is 18.8 Å². The largest absolute Gasteiger partial charge is 0.347 e. The Bertz CT molecular complexity index is 1250. The molecule has 0 spiro atoms. The second kappa shape index (κ2) is 8.46. The van der Waals surface area contributed by atoms with Crippen LogP contribution in [0, 0.1) is 0 Å². The molecule has 1 aromatic heterocycles. The Labute approximate surface area is 191 Å². The van der Waals surface area contributed by atoms with Gasteiger partial charge >= 0.3 is 0 Å². The molecule has 2 aromatic carbocycles. The Morgan fingerprint density at radius 2 is 1.85 bits per heavy atom. The van der Waals surface area contributed by atoms with Crippen LogP contribution in [0.2, 0.25) is 0 Å². The van der Waals surface area contributed by atoms with Gasteiger partial charge in [0.2, 0.25) is 11.8 Å². The van der Waals surface area contributed by atoms with Gasteiger partial charge < -0.3 is 14.8 Å². The summed E-state index contributed by atoms with van der Waals surface area (Å²) >= 11 is 0. The lowest BCUT2D eigenvalue weighted by Gasteiger charge is -2.25. The van der Waals surface area contributed by atoms with E-state index < -0.39 is 12.2 Å². The molecule has 1 N–H and O–H groups in total. The van der Waals surface area contributed by atoms with Crippen molar-refractivity contribution in [1.82, 2.24) is 14.8 Å². The number of alkyl halides is 1. The number of nitrogens with zero attached hydrogens (tertiary/aromatic N) is 2. The zero-order valence-corrected chi connectivity index (χ0v) is 18.5. The minimum Gasteiger partial charge on any atom is -0.347 e. The third-order valence-corrected chi connectivity index (χ3v) is 6.80. The van der Waals surface area contributed by atoms with Crippen LogP contribution >= 0.6 is 0 Å². The quantitative estimate of drug-likeness (QED) is 0.608. The summed E-state index contributed by atoms with van der Waals surface area (Å²) in [6.45, 7) is 1.33. The first-order chi connectivity index (χ1) is 15.9. The molecule has 1 saturated heterocycles. The van der Waals surface area contributed by atoms with Crippen LogP contribution in [0.15, 0.2) is 54.7 Å². The number of likely N-dealkylation sites (tertiary alicyclic amines) is 1. The Hall–Kier alpha value is -3.48. The molecule has 0 radical (unpaired) electrons. The van der Waals surface area contributed by atoms with E-state index in [0.717, 1.165) is 29.3 Å². The van der Waals surface area contributed by atoms with E-state index in [2.05, 4.69) is 11.4 Å². The third-order valence-electron chi connectivity index (χ3n) is 6.80. The maximum atomic E-state index is 14.4. The van der Waals surface area contributed by atoms with Crippen LogP contribution in [0.5, 0.6) is 0 Å². The average molecular weight is 448 g/mol. The van der Waals surface area contributed by atoms with Crippen molar-refractivity contribution in [1.29, 1.82) is 0 Å². The number of hydrogen-bond acceptors (Lipinski definition) is 3. The fourth-order valence-corrected chi connectivity index (χ4v) is 5.18. The van der Waals surface area contributed by atoms with E-state index in [1.54, 1.807) is 10.8 Å². The zero-order chi connectivity index (χ0) is 23.1. The first kappa shape index (κ1) is 21.4. The molecular weight excluding hydrogens is 421 g/mol. The van der Waals surface area contributed by atoms with Gasteiger partial charge in [-0.25, -0.2) is 4.39 Å².